The van der Waals surface area contributed by atoms with Gasteiger partial charge in [0.15, 0.2) is 5.58 Å². The number of hydrogen-bond acceptors (Lipinski definition) is 6. The lowest BCUT2D eigenvalue weighted by molar-refractivity contribution is 0.0308. The van der Waals surface area contributed by atoms with Crippen LogP contribution in [-0.4, -0.2) is 51.5 Å². The SMILES string of the molecule is CCc1nc2ccc(Cl)cn2c1C(=O)NCc1ccc2oc(CN3CCOCC3)nc2c1. The quantitative estimate of drug-likeness (QED) is 0.481. The van der Waals surface area contributed by atoms with Gasteiger partial charge in [0.25, 0.3) is 5.91 Å². The summed E-state index contributed by atoms with van der Waals surface area (Å²) < 4.78 is 13.0. The van der Waals surface area contributed by atoms with E-state index in [1.165, 1.54) is 0 Å². The van der Waals surface area contributed by atoms with Crippen molar-refractivity contribution in [3.8, 4) is 0 Å². The number of ether oxygens (including phenoxy) is 1. The third-order valence-corrected chi connectivity index (χ3v) is 5.84. The van der Waals surface area contributed by atoms with Gasteiger partial charge in [-0.25, -0.2) is 9.97 Å². The number of pyridine rings is 1. The molecular weight excluding hydrogens is 430 g/mol. The maximum atomic E-state index is 13.0. The van der Waals surface area contributed by atoms with Crippen molar-refractivity contribution in [2.24, 2.45) is 0 Å². The second-order valence-corrected chi connectivity index (χ2v) is 8.25. The first kappa shape index (κ1) is 20.9. The molecule has 0 unspecified atom stereocenters. The topological polar surface area (TPSA) is 84.9 Å². The largest absolute Gasteiger partial charge is 0.439 e. The Morgan fingerprint density at radius 1 is 1.19 bits per heavy atom. The highest BCUT2D eigenvalue weighted by atomic mass is 35.5. The molecular formula is C23H24ClN5O3. The first-order valence-electron chi connectivity index (χ1n) is 10.7. The Morgan fingerprint density at radius 2 is 2.03 bits per heavy atom. The van der Waals surface area contributed by atoms with Crippen molar-refractivity contribution >= 4 is 34.3 Å². The number of halogens is 1. The van der Waals surface area contributed by atoms with E-state index < -0.39 is 0 Å². The molecule has 0 bridgehead atoms. The van der Waals surface area contributed by atoms with Crippen LogP contribution in [0.1, 0.15) is 34.6 Å². The van der Waals surface area contributed by atoms with Crippen LogP contribution >= 0.6 is 11.6 Å². The summed E-state index contributed by atoms with van der Waals surface area (Å²) in [5, 5.41) is 3.55. The molecule has 0 saturated carbocycles. The minimum Gasteiger partial charge on any atom is -0.439 e. The Labute approximate surface area is 190 Å². The number of carbonyl (C=O) groups excluding carboxylic acids is 1. The van der Waals surface area contributed by atoms with E-state index in [1.807, 2.05) is 31.2 Å². The van der Waals surface area contributed by atoms with Crippen LogP contribution in [-0.2, 0) is 24.2 Å². The predicted molar refractivity (Wildman–Crippen MR) is 121 cm³/mol. The summed E-state index contributed by atoms with van der Waals surface area (Å²) in [6, 6.07) is 9.38. The van der Waals surface area contributed by atoms with Gasteiger partial charge in [0.2, 0.25) is 5.89 Å². The molecule has 0 radical (unpaired) electrons. The maximum absolute atomic E-state index is 13.0. The highest BCUT2D eigenvalue weighted by Gasteiger charge is 2.19. The molecule has 4 aromatic rings. The lowest BCUT2D eigenvalue weighted by atomic mass is 10.2. The van der Waals surface area contributed by atoms with Crippen LogP contribution in [0.3, 0.4) is 0 Å². The molecule has 32 heavy (non-hydrogen) atoms. The van der Waals surface area contributed by atoms with E-state index >= 15 is 0 Å². The van der Waals surface area contributed by atoms with Crippen molar-refractivity contribution in [3.63, 3.8) is 0 Å². The Kier molecular flexibility index (Phi) is 5.82. The number of rotatable bonds is 6. The molecule has 1 aliphatic rings. The molecule has 8 nitrogen and oxygen atoms in total. The maximum Gasteiger partial charge on any atom is 0.270 e. The number of imidazole rings is 1. The number of fused-ring (bicyclic) bond motifs is 2. The van der Waals surface area contributed by atoms with Crippen LogP contribution in [0.4, 0.5) is 0 Å². The number of aryl methyl sites for hydroxylation is 1. The van der Waals surface area contributed by atoms with E-state index in [-0.39, 0.29) is 5.91 Å². The van der Waals surface area contributed by atoms with Gasteiger partial charge in [0.05, 0.1) is 30.5 Å². The summed E-state index contributed by atoms with van der Waals surface area (Å²) in [5.74, 6) is 0.503. The van der Waals surface area contributed by atoms with Crippen LogP contribution in [0.25, 0.3) is 16.7 Å². The minimum atomic E-state index is -0.190. The van der Waals surface area contributed by atoms with E-state index in [9.17, 15) is 4.79 Å². The number of oxazole rings is 1. The molecule has 5 rings (SSSR count). The number of amides is 1. The van der Waals surface area contributed by atoms with Crippen LogP contribution in [0.2, 0.25) is 5.02 Å². The molecule has 1 aliphatic heterocycles. The predicted octanol–water partition coefficient (Wildman–Crippen LogP) is 3.45. The summed E-state index contributed by atoms with van der Waals surface area (Å²) in [4.78, 5) is 24.5. The lowest BCUT2D eigenvalue weighted by Crippen LogP contribution is -2.35. The molecule has 1 saturated heterocycles. The number of morpholine rings is 1. The molecule has 4 heterocycles. The number of benzene rings is 1. The van der Waals surface area contributed by atoms with Gasteiger partial charge in [0, 0.05) is 25.8 Å². The van der Waals surface area contributed by atoms with Crippen molar-refractivity contribution in [1.29, 1.82) is 0 Å². The second-order valence-electron chi connectivity index (χ2n) is 7.82. The summed E-state index contributed by atoms with van der Waals surface area (Å²) in [6.07, 6.45) is 2.37. The average Bonchev–Trinajstić information content (AvgIpc) is 3.37. The first-order valence-corrected chi connectivity index (χ1v) is 11.1. The molecule has 0 spiro atoms. The summed E-state index contributed by atoms with van der Waals surface area (Å²) >= 11 is 6.13. The van der Waals surface area contributed by atoms with Gasteiger partial charge in [0.1, 0.15) is 16.9 Å². The summed E-state index contributed by atoms with van der Waals surface area (Å²) in [7, 11) is 0. The monoisotopic (exact) mass is 453 g/mol. The minimum absolute atomic E-state index is 0.190. The molecule has 166 valence electrons. The summed E-state index contributed by atoms with van der Waals surface area (Å²) in [6.45, 7) is 6.25. The molecule has 1 amide bonds. The van der Waals surface area contributed by atoms with Gasteiger partial charge in [-0.05, 0) is 36.2 Å². The fraction of sp³-hybridized carbons (Fsp3) is 0.348. The highest BCUT2D eigenvalue weighted by Crippen LogP contribution is 2.20. The van der Waals surface area contributed by atoms with Gasteiger partial charge >= 0.3 is 0 Å². The number of carbonyl (C=O) groups is 1. The first-order chi connectivity index (χ1) is 15.6. The van der Waals surface area contributed by atoms with E-state index in [2.05, 4.69) is 20.2 Å². The van der Waals surface area contributed by atoms with E-state index in [4.69, 9.17) is 20.8 Å². The van der Waals surface area contributed by atoms with Gasteiger partial charge in [-0.1, -0.05) is 24.6 Å². The Hall–Kier alpha value is -2.94. The van der Waals surface area contributed by atoms with Gasteiger partial charge < -0.3 is 14.5 Å². The Morgan fingerprint density at radius 3 is 2.84 bits per heavy atom. The van der Waals surface area contributed by atoms with Crippen molar-refractivity contribution < 1.29 is 13.9 Å². The van der Waals surface area contributed by atoms with E-state index in [1.54, 1.807) is 16.7 Å². The highest BCUT2D eigenvalue weighted by molar-refractivity contribution is 6.30. The van der Waals surface area contributed by atoms with Gasteiger partial charge in [-0.2, -0.15) is 0 Å². The van der Waals surface area contributed by atoms with Crippen molar-refractivity contribution in [1.82, 2.24) is 24.6 Å². The smallest absolute Gasteiger partial charge is 0.270 e. The standard InChI is InChI=1S/C23H24ClN5O3/c1-2-17-22(29-13-16(24)4-6-20(29)26-17)23(30)25-12-15-3-5-19-18(11-15)27-21(32-19)14-28-7-9-31-10-8-28/h3-6,11,13H,2,7-10,12,14H2,1H3,(H,25,30). The molecule has 9 heteroatoms. The zero-order valence-corrected chi connectivity index (χ0v) is 18.6. The van der Waals surface area contributed by atoms with Crippen LogP contribution in [0.5, 0.6) is 0 Å². The third kappa shape index (κ3) is 4.21. The van der Waals surface area contributed by atoms with E-state index in [0.717, 1.165) is 48.7 Å². The Balaban J connectivity index is 1.31. The Bertz CT molecular complexity index is 1280. The molecule has 0 atom stereocenters. The number of nitrogens with one attached hydrogen (secondary N) is 1. The molecule has 1 N–H and O–H groups in total. The molecule has 1 fully saturated rings. The molecule has 3 aromatic heterocycles. The third-order valence-electron chi connectivity index (χ3n) is 5.62. The van der Waals surface area contributed by atoms with Gasteiger partial charge in [-0.3, -0.25) is 14.1 Å². The number of hydrogen-bond donors (Lipinski definition) is 1. The van der Waals surface area contributed by atoms with Crippen LogP contribution in [0, 0.1) is 0 Å². The normalized spacial score (nSPS) is 14.9. The second kappa shape index (κ2) is 8.90. The van der Waals surface area contributed by atoms with Crippen molar-refractivity contribution in [2.75, 3.05) is 26.3 Å². The average molecular weight is 454 g/mol. The fourth-order valence-electron chi connectivity index (χ4n) is 3.97. The van der Waals surface area contributed by atoms with Gasteiger partial charge in [-0.15, -0.1) is 0 Å². The van der Waals surface area contributed by atoms with Crippen molar-refractivity contribution in [2.45, 2.75) is 26.4 Å². The lowest BCUT2D eigenvalue weighted by Gasteiger charge is -2.24. The zero-order valence-electron chi connectivity index (χ0n) is 17.8. The van der Waals surface area contributed by atoms with Crippen LogP contribution < -0.4 is 5.32 Å². The van der Waals surface area contributed by atoms with Crippen LogP contribution in [0.15, 0.2) is 40.9 Å². The zero-order chi connectivity index (χ0) is 22.1. The van der Waals surface area contributed by atoms with Crippen molar-refractivity contribution in [3.05, 3.63) is 64.4 Å². The van der Waals surface area contributed by atoms with E-state index in [0.29, 0.717) is 41.8 Å². The molecule has 0 aliphatic carbocycles. The summed E-state index contributed by atoms with van der Waals surface area (Å²) in [5.41, 5.74) is 4.43. The fourth-order valence-corrected chi connectivity index (χ4v) is 4.13. The molecule has 1 aromatic carbocycles. The number of nitrogens with zero attached hydrogens (tertiary/aromatic N) is 4. The number of aromatic nitrogens is 3.